The normalized spacial score (nSPS) is 12.7. The molecule has 0 bridgehead atoms. The fourth-order valence-corrected chi connectivity index (χ4v) is 11.6. The Labute approximate surface area is 421 Å². The lowest BCUT2D eigenvalue weighted by Gasteiger charge is -2.45. The Kier molecular flexibility index (Phi) is 9.41. The van der Waals surface area contributed by atoms with E-state index in [0.29, 0.717) is 39.9 Å². The predicted molar refractivity (Wildman–Crippen MR) is 291 cm³/mol. The maximum atomic E-state index is 11.2. The van der Waals surface area contributed by atoms with E-state index in [1.807, 2.05) is 66.7 Å². The molecule has 12 aromatic rings. The molecule has 3 heterocycles. The standard InChI is InChI=1S/C66H39N7/c67-40-46-39-62(47(41-68)38-51(46)65-70-63(42-18-4-1-5-19-42)69-64(71-65)43-20-6-2-7-21-43)73-60-30-16-13-27-56(60)66(57-28-14-17-31-61(57)73)54-26-12-10-24-49(54)52-36-44(32-34-55(52)66)45-33-35-59-53(37-45)50-25-11-15-29-58(50)72(59)48-22-8-3-9-23-48/h1-39H. The second kappa shape index (κ2) is 16.5. The Morgan fingerprint density at radius 2 is 0.863 bits per heavy atom. The molecule has 1 aliphatic carbocycles. The maximum absolute atomic E-state index is 11.2. The first-order valence-corrected chi connectivity index (χ1v) is 24.3. The first-order chi connectivity index (χ1) is 36.1. The Bertz CT molecular complexity index is 4190. The van der Waals surface area contributed by atoms with Crippen LogP contribution in [0.3, 0.4) is 0 Å². The largest absolute Gasteiger partial charge is 0.309 e. The third-order valence-corrected chi connectivity index (χ3v) is 14.7. The molecule has 2 aromatic heterocycles. The highest BCUT2D eigenvalue weighted by Gasteiger charge is 2.52. The quantitative estimate of drug-likeness (QED) is 0.165. The van der Waals surface area contributed by atoms with E-state index in [-0.39, 0.29) is 0 Å². The van der Waals surface area contributed by atoms with Crippen molar-refractivity contribution in [2.45, 2.75) is 5.41 Å². The van der Waals surface area contributed by atoms with Gasteiger partial charge in [0.05, 0.1) is 50.7 Å². The second-order valence-corrected chi connectivity index (χ2v) is 18.5. The monoisotopic (exact) mass is 929 g/mol. The van der Waals surface area contributed by atoms with Gasteiger partial charge < -0.3 is 9.47 Å². The smallest absolute Gasteiger partial charge is 0.165 e. The van der Waals surface area contributed by atoms with Crippen LogP contribution in [0.1, 0.15) is 33.4 Å². The van der Waals surface area contributed by atoms with Crippen LogP contribution in [0.5, 0.6) is 0 Å². The van der Waals surface area contributed by atoms with Crippen molar-refractivity contribution in [3.05, 3.63) is 270 Å². The molecule has 2 aliphatic rings. The molecule has 10 aromatic carbocycles. The Morgan fingerprint density at radius 1 is 0.342 bits per heavy atom. The highest BCUT2D eigenvalue weighted by Crippen LogP contribution is 2.64. The molecule has 0 amide bonds. The molecule has 1 spiro atoms. The molecule has 0 atom stereocenters. The minimum absolute atomic E-state index is 0.308. The number of hydrogen-bond acceptors (Lipinski definition) is 6. The van der Waals surface area contributed by atoms with Crippen LogP contribution in [0.2, 0.25) is 0 Å². The summed E-state index contributed by atoms with van der Waals surface area (Å²) in [6.45, 7) is 0. The van der Waals surface area contributed by atoms with Gasteiger partial charge >= 0.3 is 0 Å². The van der Waals surface area contributed by atoms with Gasteiger partial charge in [0.1, 0.15) is 6.07 Å². The minimum Gasteiger partial charge on any atom is -0.309 e. The summed E-state index contributed by atoms with van der Waals surface area (Å²) >= 11 is 0. The maximum Gasteiger partial charge on any atom is 0.165 e. The number of para-hydroxylation sites is 4. The zero-order valence-electron chi connectivity index (χ0n) is 39.1. The van der Waals surface area contributed by atoms with Crippen LogP contribution in [0.4, 0.5) is 17.1 Å². The molecule has 0 N–H and O–H groups in total. The molecule has 7 heteroatoms. The van der Waals surface area contributed by atoms with Crippen molar-refractivity contribution in [3.63, 3.8) is 0 Å². The molecule has 0 saturated heterocycles. The molecule has 1 aliphatic heterocycles. The molecule has 338 valence electrons. The van der Waals surface area contributed by atoms with Crippen LogP contribution in [0, 0.1) is 22.7 Å². The Balaban J connectivity index is 0.935. The number of nitriles is 2. The van der Waals surface area contributed by atoms with Gasteiger partial charge in [0, 0.05) is 33.2 Å². The summed E-state index contributed by atoms with van der Waals surface area (Å²) in [4.78, 5) is 16.9. The van der Waals surface area contributed by atoms with Crippen LogP contribution in [0.25, 0.3) is 83.9 Å². The van der Waals surface area contributed by atoms with Crippen molar-refractivity contribution >= 4 is 38.9 Å². The summed E-state index contributed by atoms with van der Waals surface area (Å²) in [5.41, 5.74) is 17.1. The van der Waals surface area contributed by atoms with Crippen molar-refractivity contribution < 1.29 is 0 Å². The van der Waals surface area contributed by atoms with Crippen LogP contribution in [-0.4, -0.2) is 19.5 Å². The van der Waals surface area contributed by atoms with Crippen molar-refractivity contribution in [1.29, 1.82) is 10.5 Å². The van der Waals surface area contributed by atoms with Crippen LogP contribution in [0.15, 0.2) is 237 Å². The van der Waals surface area contributed by atoms with E-state index < -0.39 is 5.41 Å². The van der Waals surface area contributed by atoms with E-state index in [1.165, 1.54) is 38.5 Å². The van der Waals surface area contributed by atoms with Gasteiger partial charge in [0.2, 0.25) is 0 Å². The average Bonchev–Trinajstić information content (AvgIpc) is 3.97. The lowest BCUT2D eigenvalue weighted by molar-refractivity contribution is 0.752. The third kappa shape index (κ3) is 6.26. The molecule has 0 unspecified atom stereocenters. The second-order valence-electron chi connectivity index (χ2n) is 18.5. The summed E-state index contributed by atoms with van der Waals surface area (Å²) in [6.07, 6.45) is 0. The van der Waals surface area contributed by atoms with E-state index >= 15 is 0 Å². The number of nitrogens with zero attached hydrogens (tertiary/aromatic N) is 7. The van der Waals surface area contributed by atoms with Crippen molar-refractivity contribution in [2.24, 2.45) is 0 Å². The summed E-state index contributed by atoms with van der Waals surface area (Å²) < 4.78 is 2.35. The zero-order chi connectivity index (χ0) is 48.6. The van der Waals surface area contributed by atoms with E-state index in [9.17, 15) is 10.5 Å². The van der Waals surface area contributed by atoms with Gasteiger partial charge in [-0.2, -0.15) is 10.5 Å². The minimum atomic E-state index is -0.710. The summed E-state index contributed by atoms with van der Waals surface area (Å²) in [7, 11) is 0. The number of hydrogen-bond donors (Lipinski definition) is 0. The van der Waals surface area contributed by atoms with Crippen molar-refractivity contribution in [1.82, 2.24) is 19.5 Å². The topological polar surface area (TPSA) is 94.4 Å². The van der Waals surface area contributed by atoms with Gasteiger partial charge in [0.15, 0.2) is 17.5 Å². The molecule has 0 saturated carbocycles. The van der Waals surface area contributed by atoms with Crippen LogP contribution >= 0.6 is 0 Å². The lowest BCUT2D eigenvalue weighted by Crippen LogP contribution is -2.36. The number of fused-ring (bicyclic) bond motifs is 12. The molecular formula is C66H39N7. The summed E-state index contributed by atoms with van der Waals surface area (Å²) in [5, 5.41) is 24.6. The van der Waals surface area contributed by atoms with Gasteiger partial charge in [-0.3, -0.25) is 0 Å². The zero-order valence-corrected chi connectivity index (χ0v) is 39.1. The predicted octanol–water partition coefficient (Wildman–Crippen LogP) is 15.5. The lowest BCUT2D eigenvalue weighted by atomic mass is 9.64. The van der Waals surface area contributed by atoms with Gasteiger partial charge in [-0.05, 0) is 105 Å². The first kappa shape index (κ1) is 41.7. The molecule has 0 radical (unpaired) electrons. The first-order valence-electron chi connectivity index (χ1n) is 24.3. The van der Waals surface area contributed by atoms with Crippen LogP contribution < -0.4 is 4.90 Å². The van der Waals surface area contributed by atoms with Crippen molar-refractivity contribution in [3.8, 4) is 74.2 Å². The fraction of sp³-hybridized carbons (Fsp3) is 0.0152. The molecule has 14 rings (SSSR count). The molecular weight excluding hydrogens is 891 g/mol. The average molecular weight is 930 g/mol. The summed E-state index contributed by atoms with van der Waals surface area (Å²) in [5.74, 6) is 1.25. The Morgan fingerprint density at radius 3 is 1.53 bits per heavy atom. The SMILES string of the molecule is N#Cc1cc(N2c3ccccc3C3(c4ccccc4-c4cc(-c5ccc6c(c5)c5ccccc5n6-c5ccccc5)ccc43)c3ccccc32)c(C#N)cc1-c1nc(-c2ccccc2)nc(-c2ccccc2)n1. The summed E-state index contributed by atoms with van der Waals surface area (Å²) in [6, 6.07) is 86.9. The van der Waals surface area contributed by atoms with E-state index in [1.54, 1.807) is 6.07 Å². The molecule has 0 fully saturated rings. The number of aromatic nitrogens is 4. The van der Waals surface area contributed by atoms with Gasteiger partial charge in [-0.1, -0.05) is 176 Å². The van der Waals surface area contributed by atoms with Crippen LogP contribution in [-0.2, 0) is 5.41 Å². The van der Waals surface area contributed by atoms with Gasteiger partial charge in [0.25, 0.3) is 0 Å². The van der Waals surface area contributed by atoms with E-state index in [2.05, 4.69) is 185 Å². The van der Waals surface area contributed by atoms with Gasteiger partial charge in [-0.25, -0.2) is 15.0 Å². The molecule has 7 nitrogen and oxygen atoms in total. The van der Waals surface area contributed by atoms with E-state index in [0.717, 1.165) is 56.0 Å². The highest BCUT2D eigenvalue weighted by atomic mass is 15.2. The highest BCUT2D eigenvalue weighted by molar-refractivity contribution is 6.10. The van der Waals surface area contributed by atoms with E-state index in [4.69, 9.17) is 15.0 Å². The van der Waals surface area contributed by atoms with Gasteiger partial charge in [-0.15, -0.1) is 0 Å². The number of benzene rings is 10. The number of rotatable bonds is 6. The third-order valence-electron chi connectivity index (χ3n) is 14.7. The molecule has 73 heavy (non-hydrogen) atoms. The fourth-order valence-electron chi connectivity index (χ4n) is 11.6. The Hall–Kier alpha value is -10.2. The van der Waals surface area contributed by atoms with Crippen molar-refractivity contribution in [2.75, 3.05) is 4.90 Å². The number of anilines is 3.